The molecule has 16 heavy (non-hydrogen) atoms. The molecule has 0 aliphatic rings. The van der Waals surface area contributed by atoms with Crippen LogP contribution in [0.3, 0.4) is 0 Å². The molecule has 0 unspecified atom stereocenters. The number of hydrogen-bond donors (Lipinski definition) is 1. The number of pyridine rings is 2. The molecule has 0 aliphatic heterocycles. The lowest BCUT2D eigenvalue weighted by Gasteiger charge is -2.06. The second-order valence-corrected chi connectivity index (χ2v) is 3.32. The molecule has 0 fully saturated rings. The van der Waals surface area contributed by atoms with Crippen LogP contribution < -0.4 is 5.32 Å². The van der Waals surface area contributed by atoms with Crippen LogP contribution in [0.2, 0.25) is 0 Å². The minimum atomic E-state index is -0.358. The van der Waals surface area contributed by atoms with Gasteiger partial charge in [0.25, 0.3) is 0 Å². The van der Waals surface area contributed by atoms with Crippen molar-refractivity contribution in [3.63, 3.8) is 0 Å². The van der Waals surface area contributed by atoms with E-state index in [4.69, 9.17) is 0 Å². The maximum absolute atomic E-state index is 13.5. The highest BCUT2D eigenvalue weighted by molar-refractivity contribution is 5.63. The van der Waals surface area contributed by atoms with E-state index in [-0.39, 0.29) is 5.82 Å². The Morgan fingerprint density at radius 2 is 2.19 bits per heavy atom. The van der Waals surface area contributed by atoms with Crippen LogP contribution in [0.25, 0.3) is 11.3 Å². The lowest BCUT2D eigenvalue weighted by atomic mass is 10.1. The first-order valence-corrected chi connectivity index (χ1v) is 5.11. The summed E-state index contributed by atoms with van der Waals surface area (Å²) in [6, 6.07) is 5.29. The summed E-state index contributed by atoms with van der Waals surface area (Å²) in [4.78, 5) is 7.86. The standard InChI is InChI=1S/C12H12FN3/c1-2-15-9-3-6-16-12(7-9)10-4-5-14-8-11(10)13/h3-8H,2H2,1H3,(H,15,16). The summed E-state index contributed by atoms with van der Waals surface area (Å²) in [5.41, 5.74) is 2.01. The monoisotopic (exact) mass is 217 g/mol. The van der Waals surface area contributed by atoms with Crippen LogP contribution in [0.15, 0.2) is 36.8 Å². The molecule has 2 aromatic rings. The number of halogens is 1. The molecule has 2 rings (SSSR count). The Balaban J connectivity index is 2.40. The largest absolute Gasteiger partial charge is 0.385 e. The van der Waals surface area contributed by atoms with Gasteiger partial charge in [-0.3, -0.25) is 9.97 Å². The van der Waals surface area contributed by atoms with Crippen LogP contribution in [0, 0.1) is 5.82 Å². The molecule has 0 spiro atoms. The highest BCUT2D eigenvalue weighted by Crippen LogP contribution is 2.21. The van der Waals surface area contributed by atoms with Crippen molar-refractivity contribution in [1.29, 1.82) is 0 Å². The van der Waals surface area contributed by atoms with Gasteiger partial charge in [-0.2, -0.15) is 0 Å². The molecule has 0 saturated carbocycles. The molecule has 0 bridgehead atoms. The Bertz CT molecular complexity index is 485. The topological polar surface area (TPSA) is 37.8 Å². The normalized spacial score (nSPS) is 10.1. The van der Waals surface area contributed by atoms with E-state index in [1.54, 1.807) is 18.5 Å². The molecule has 4 heteroatoms. The zero-order chi connectivity index (χ0) is 11.4. The molecule has 0 aliphatic carbocycles. The van der Waals surface area contributed by atoms with Gasteiger partial charge in [-0.05, 0) is 25.1 Å². The summed E-state index contributed by atoms with van der Waals surface area (Å²) in [6.45, 7) is 2.83. The number of anilines is 1. The number of nitrogens with one attached hydrogen (secondary N) is 1. The lowest BCUT2D eigenvalue weighted by Crippen LogP contribution is -1.97. The third-order valence-corrected chi connectivity index (χ3v) is 2.19. The summed E-state index contributed by atoms with van der Waals surface area (Å²) in [6.07, 6.45) is 4.41. The molecule has 0 aromatic carbocycles. The zero-order valence-electron chi connectivity index (χ0n) is 8.94. The Kier molecular flexibility index (Phi) is 3.10. The first-order chi connectivity index (χ1) is 7.81. The maximum Gasteiger partial charge on any atom is 0.150 e. The molecular weight excluding hydrogens is 205 g/mol. The van der Waals surface area contributed by atoms with Gasteiger partial charge in [-0.15, -0.1) is 0 Å². The number of hydrogen-bond acceptors (Lipinski definition) is 3. The van der Waals surface area contributed by atoms with Crippen molar-refractivity contribution < 1.29 is 4.39 Å². The van der Waals surface area contributed by atoms with E-state index in [0.29, 0.717) is 11.3 Å². The highest BCUT2D eigenvalue weighted by Gasteiger charge is 2.06. The van der Waals surface area contributed by atoms with Crippen molar-refractivity contribution in [3.8, 4) is 11.3 Å². The number of aromatic nitrogens is 2. The van der Waals surface area contributed by atoms with Crippen LogP contribution in [0.4, 0.5) is 10.1 Å². The molecule has 3 nitrogen and oxygen atoms in total. The van der Waals surface area contributed by atoms with Gasteiger partial charge >= 0.3 is 0 Å². The average Bonchev–Trinajstić information content (AvgIpc) is 2.30. The van der Waals surface area contributed by atoms with E-state index in [9.17, 15) is 4.39 Å². The molecule has 0 radical (unpaired) electrons. The average molecular weight is 217 g/mol. The van der Waals surface area contributed by atoms with Crippen molar-refractivity contribution in [2.45, 2.75) is 6.92 Å². The first-order valence-electron chi connectivity index (χ1n) is 5.11. The van der Waals surface area contributed by atoms with Crippen molar-refractivity contribution in [2.24, 2.45) is 0 Å². The first kappa shape index (κ1) is 10.5. The van der Waals surface area contributed by atoms with E-state index in [0.717, 1.165) is 12.2 Å². The third-order valence-electron chi connectivity index (χ3n) is 2.19. The Morgan fingerprint density at radius 3 is 2.94 bits per heavy atom. The van der Waals surface area contributed by atoms with Gasteiger partial charge < -0.3 is 5.32 Å². The van der Waals surface area contributed by atoms with E-state index >= 15 is 0 Å². The van der Waals surface area contributed by atoms with Crippen molar-refractivity contribution in [1.82, 2.24) is 9.97 Å². The fraction of sp³-hybridized carbons (Fsp3) is 0.167. The molecular formula is C12H12FN3. The van der Waals surface area contributed by atoms with Gasteiger partial charge in [-0.1, -0.05) is 0 Å². The minimum absolute atomic E-state index is 0.358. The van der Waals surface area contributed by atoms with Crippen LogP contribution in [0.1, 0.15) is 6.92 Å². The predicted octanol–water partition coefficient (Wildman–Crippen LogP) is 2.71. The summed E-state index contributed by atoms with van der Waals surface area (Å²) in [5, 5.41) is 3.16. The molecule has 2 heterocycles. The quantitative estimate of drug-likeness (QED) is 0.859. The van der Waals surface area contributed by atoms with E-state index in [1.165, 1.54) is 6.20 Å². The summed E-state index contributed by atoms with van der Waals surface area (Å²) in [5.74, 6) is -0.358. The van der Waals surface area contributed by atoms with Gasteiger partial charge in [0.2, 0.25) is 0 Å². The third kappa shape index (κ3) is 2.16. The molecule has 0 saturated heterocycles. The van der Waals surface area contributed by atoms with Crippen LogP contribution in [-0.2, 0) is 0 Å². The second kappa shape index (κ2) is 4.70. The number of rotatable bonds is 3. The summed E-state index contributed by atoms with van der Waals surface area (Å²) < 4.78 is 13.5. The van der Waals surface area contributed by atoms with Crippen molar-refractivity contribution >= 4 is 5.69 Å². The molecule has 1 N–H and O–H groups in total. The van der Waals surface area contributed by atoms with Gasteiger partial charge in [0.15, 0.2) is 5.82 Å². The predicted molar refractivity (Wildman–Crippen MR) is 61.6 cm³/mol. The molecule has 82 valence electrons. The molecule has 0 atom stereocenters. The summed E-state index contributed by atoms with van der Waals surface area (Å²) >= 11 is 0. The fourth-order valence-electron chi connectivity index (χ4n) is 1.47. The van der Waals surface area contributed by atoms with E-state index in [2.05, 4.69) is 15.3 Å². The van der Waals surface area contributed by atoms with Crippen LogP contribution in [0.5, 0.6) is 0 Å². The van der Waals surface area contributed by atoms with E-state index in [1.807, 2.05) is 19.1 Å². The Morgan fingerprint density at radius 1 is 1.31 bits per heavy atom. The van der Waals surface area contributed by atoms with Crippen LogP contribution >= 0.6 is 0 Å². The summed E-state index contributed by atoms with van der Waals surface area (Å²) in [7, 11) is 0. The van der Waals surface area contributed by atoms with E-state index < -0.39 is 0 Å². The number of nitrogens with zero attached hydrogens (tertiary/aromatic N) is 2. The SMILES string of the molecule is CCNc1ccnc(-c2ccncc2F)c1. The Labute approximate surface area is 93.4 Å². The van der Waals surface area contributed by atoms with Gasteiger partial charge in [-0.25, -0.2) is 4.39 Å². The smallest absolute Gasteiger partial charge is 0.150 e. The Hall–Kier alpha value is -1.97. The van der Waals surface area contributed by atoms with Crippen LogP contribution in [-0.4, -0.2) is 16.5 Å². The molecule has 0 amide bonds. The zero-order valence-corrected chi connectivity index (χ0v) is 8.94. The van der Waals surface area contributed by atoms with Crippen molar-refractivity contribution in [3.05, 3.63) is 42.6 Å². The highest BCUT2D eigenvalue weighted by atomic mass is 19.1. The second-order valence-electron chi connectivity index (χ2n) is 3.32. The van der Waals surface area contributed by atoms with Gasteiger partial charge in [0.1, 0.15) is 0 Å². The minimum Gasteiger partial charge on any atom is -0.385 e. The maximum atomic E-state index is 13.5. The van der Waals surface area contributed by atoms with Gasteiger partial charge in [0.05, 0.1) is 11.9 Å². The molecule has 2 aromatic heterocycles. The van der Waals surface area contributed by atoms with Gasteiger partial charge in [0, 0.05) is 30.2 Å². The fourth-order valence-corrected chi connectivity index (χ4v) is 1.47. The van der Waals surface area contributed by atoms with Crippen molar-refractivity contribution in [2.75, 3.05) is 11.9 Å². The lowest BCUT2D eigenvalue weighted by molar-refractivity contribution is 0.624.